The summed E-state index contributed by atoms with van der Waals surface area (Å²) in [5, 5.41) is 9.41. The van der Waals surface area contributed by atoms with Crippen LogP contribution >= 0.6 is 23.4 Å². The van der Waals surface area contributed by atoms with Gasteiger partial charge in [0, 0.05) is 49.3 Å². The molecule has 1 aromatic rings. The number of hydrogen-bond donors (Lipinski definition) is 3. The Bertz CT molecular complexity index is 691. The van der Waals surface area contributed by atoms with Gasteiger partial charge in [-0.3, -0.25) is 4.79 Å². The maximum absolute atomic E-state index is 12.2. The van der Waals surface area contributed by atoms with Gasteiger partial charge in [-0.15, -0.1) is 0 Å². The predicted molar refractivity (Wildman–Crippen MR) is 122 cm³/mol. The van der Waals surface area contributed by atoms with Crippen molar-refractivity contribution in [1.82, 2.24) is 10.6 Å². The average Bonchev–Trinajstić information content (AvgIpc) is 2.73. The zero-order valence-corrected chi connectivity index (χ0v) is 18.4. The minimum Gasteiger partial charge on any atom is -0.369 e. The third-order valence-corrected chi connectivity index (χ3v) is 6.64. The number of nitrogens with one attached hydrogen (secondary N) is 3. The number of thioether (sulfide) groups is 1. The van der Waals surface area contributed by atoms with Crippen LogP contribution < -0.4 is 20.9 Å². The third-order valence-electron chi connectivity index (χ3n) is 5.39. The van der Waals surface area contributed by atoms with Gasteiger partial charge in [0.15, 0.2) is 0 Å². The Morgan fingerprint density at radius 1 is 1.14 bits per heavy atom. The Morgan fingerprint density at radius 2 is 1.90 bits per heavy atom. The Hall–Kier alpha value is -1.60. The van der Waals surface area contributed by atoms with Crippen LogP contribution in [0, 0.1) is 0 Å². The van der Waals surface area contributed by atoms with Gasteiger partial charge < -0.3 is 20.9 Å². The number of rotatable bonds is 7. The zero-order chi connectivity index (χ0) is 20.5. The number of carbonyl (C=O) groups is 2. The molecule has 1 aromatic carbocycles. The summed E-state index contributed by atoms with van der Waals surface area (Å²) in [6.45, 7) is 2.48. The van der Waals surface area contributed by atoms with E-state index in [0.29, 0.717) is 36.1 Å². The summed E-state index contributed by atoms with van der Waals surface area (Å²) in [5.74, 6) is 2.15. The van der Waals surface area contributed by atoms with Gasteiger partial charge in [0.2, 0.25) is 5.91 Å². The first-order chi connectivity index (χ1) is 14.1. The lowest BCUT2D eigenvalue weighted by Gasteiger charge is -2.29. The van der Waals surface area contributed by atoms with E-state index in [0.717, 1.165) is 43.1 Å². The summed E-state index contributed by atoms with van der Waals surface area (Å²) in [6.07, 6.45) is 6.72. The Labute approximate surface area is 182 Å². The highest BCUT2D eigenvalue weighted by molar-refractivity contribution is 7.99. The molecular weight excluding hydrogens is 408 g/mol. The van der Waals surface area contributed by atoms with Crippen molar-refractivity contribution < 1.29 is 9.59 Å². The van der Waals surface area contributed by atoms with Crippen molar-refractivity contribution in [2.75, 3.05) is 41.4 Å². The van der Waals surface area contributed by atoms with E-state index in [9.17, 15) is 9.59 Å². The highest BCUT2D eigenvalue weighted by Crippen LogP contribution is 2.30. The molecule has 0 atom stereocenters. The van der Waals surface area contributed by atoms with Gasteiger partial charge in [-0.05, 0) is 37.5 Å². The van der Waals surface area contributed by atoms with Crippen molar-refractivity contribution in [3.63, 3.8) is 0 Å². The van der Waals surface area contributed by atoms with Crippen LogP contribution in [0.25, 0.3) is 0 Å². The van der Waals surface area contributed by atoms with Gasteiger partial charge in [0.05, 0.1) is 10.7 Å². The highest BCUT2D eigenvalue weighted by Gasteiger charge is 2.16. The van der Waals surface area contributed by atoms with E-state index in [1.54, 1.807) is 0 Å². The summed E-state index contributed by atoms with van der Waals surface area (Å²) >= 11 is 8.39. The minimum absolute atomic E-state index is 0.0716. The molecule has 2 aliphatic rings. The molecule has 1 heterocycles. The molecule has 0 radical (unpaired) electrons. The second-order valence-electron chi connectivity index (χ2n) is 7.65. The number of hydrogen-bond acceptors (Lipinski definition) is 4. The monoisotopic (exact) mass is 438 g/mol. The molecule has 6 nitrogen and oxygen atoms in total. The average molecular weight is 439 g/mol. The van der Waals surface area contributed by atoms with Crippen molar-refractivity contribution >= 4 is 46.7 Å². The topological polar surface area (TPSA) is 73.5 Å². The molecule has 0 aromatic heterocycles. The molecule has 1 aliphatic heterocycles. The molecule has 29 heavy (non-hydrogen) atoms. The normalized spacial score (nSPS) is 17.6. The van der Waals surface area contributed by atoms with Crippen molar-refractivity contribution in [3.8, 4) is 0 Å². The maximum atomic E-state index is 12.2. The van der Waals surface area contributed by atoms with Crippen molar-refractivity contribution in [3.05, 3.63) is 23.2 Å². The first kappa shape index (κ1) is 22.1. The van der Waals surface area contributed by atoms with Crippen LogP contribution in [0.3, 0.4) is 0 Å². The van der Waals surface area contributed by atoms with Crippen LogP contribution in [0.1, 0.15) is 44.9 Å². The molecule has 2 fully saturated rings. The van der Waals surface area contributed by atoms with E-state index in [-0.39, 0.29) is 11.9 Å². The standard InChI is InChI=1S/C21H31ClN4O2S/c22-18-15-17(8-9-19(18)26-11-13-29-14-12-26)24-20(27)7-4-10-23-21(28)25-16-5-2-1-3-6-16/h8-9,15-16H,1-7,10-14H2,(H,24,27)(H2,23,25,28). The molecular formula is C21H31ClN4O2S. The van der Waals surface area contributed by atoms with Gasteiger partial charge in [-0.1, -0.05) is 30.9 Å². The largest absolute Gasteiger partial charge is 0.369 e. The molecule has 160 valence electrons. The van der Waals surface area contributed by atoms with Crippen LogP contribution in [0.2, 0.25) is 5.02 Å². The fourth-order valence-electron chi connectivity index (χ4n) is 3.80. The quantitative estimate of drug-likeness (QED) is 0.556. The molecule has 3 rings (SSSR count). The van der Waals surface area contributed by atoms with E-state index in [1.165, 1.54) is 19.3 Å². The second-order valence-corrected chi connectivity index (χ2v) is 9.28. The van der Waals surface area contributed by atoms with Crippen LogP contribution in [-0.4, -0.2) is 49.1 Å². The molecule has 3 N–H and O–H groups in total. The van der Waals surface area contributed by atoms with Crippen LogP contribution in [0.5, 0.6) is 0 Å². The van der Waals surface area contributed by atoms with Gasteiger partial charge in [0.1, 0.15) is 0 Å². The number of anilines is 2. The lowest BCUT2D eigenvalue weighted by atomic mass is 9.96. The number of halogens is 1. The molecule has 1 aliphatic carbocycles. The highest BCUT2D eigenvalue weighted by atomic mass is 35.5. The van der Waals surface area contributed by atoms with Crippen LogP contribution in [0.4, 0.5) is 16.2 Å². The van der Waals surface area contributed by atoms with Crippen molar-refractivity contribution in [2.24, 2.45) is 0 Å². The zero-order valence-electron chi connectivity index (χ0n) is 16.8. The van der Waals surface area contributed by atoms with Gasteiger partial charge in [-0.2, -0.15) is 11.8 Å². The molecule has 1 saturated heterocycles. The van der Waals surface area contributed by atoms with E-state index in [2.05, 4.69) is 20.9 Å². The molecule has 0 spiro atoms. The lowest BCUT2D eigenvalue weighted by Crippen LogP contribution is -2.43. The third kappa shape index (κ3) is 7.30. The van der Waals surface area contributed by atoms with E-state index in [1.807, 2.05) is 30.0 Å². The SMILES string of the molecule is O=C(CCCNC(=O)NC1CCCCC1)Nc1ccc(N2CCSCC2)c(Cl)c1. The summed E-state index contributed by atoms with van der Waals surface area (Å²) < 4.78 is 0. The number of benzene rings is 1. The first-order valence-electron chi connectivity index (χ1n) is 10.6. The summed E-state index contributed by atoms with van der Waals surface area (Å²) in [7, 11) is 0. The Balaban J connectivity index is 1.34. The number of urea groups is 1. The van der Waals surface area contributed by atoms with Gasteiger partial charge >= 0.3 is 6.03 Å². The Morgan fingerprint density at radius 3 is 2.62 bits per heavy atom. The molecule has 3 amide bonds. The van der Waals surface area contributed by atoms with Crippen LogP contribution in [-0.2, 0) is 4.79 Å². The summed E-state index contributed by atoms with van der Waals surface area (Å²) in [5.41, 5.74) is 1.73. The van der Waals surface area contributed by atoms with Gasteiger partial charge in [0.25, 0.3) is 0 Å². The summed E-state index contributed by atoms with van der Waals surface area (Å²) in [6, 6.07) is 5.85. The number of carbonyl (C=O) groups excluding carboxylic acids is 2. The predicted octanol–water partition coefficient (Wildman–Crippen LogP) is 4.24. The van der Waals surface area contributed by atoms with E-state index in [4.69, 9.17) is 11.6 Å². The fourth-order valence-corrected chi connectivity index (χ4v) is 5.01. The lowest BCUT2D eigenvalue weighted by molar-refractivity contribution is -0.116. The number of nitrogens with zero attached hydrogens (tertiary/aromatic N) is 1. The smallest absolute Gasteiger partial charge is 0.315 e. The second kappa shape index (κ2) is 11.6. The Kier molecular flexibility index (Phi) is 8.80. The van der Waals surface area contributed by atoms with Crippen LogP contribution in [0.15, 0.2) is 18.2 Å². The maximum Gasteiger partial charge on any atom is 0.315 e. The molecule has 0 unspecified atom stereocenters. The molecule has 1 saturated carbocycles. The van der Waals surface area contributed by atoms with E-state index < -0.39 is 0 Å². The van der Waals surface area contributed by atoms with Crippen molar-refractivity contribution in [1.29, 1.82) is 0 Å². The summed E-state index contributed by atoms with van der Waals surface area (Å²) in [4.78, 5) is 26.4. The fraction of sp³-hybridized carbons (Fsp3) is 0.619. The number of amides is 3. The van der Waals surface area contributed by atoms with Gasteiger partial charge in [-0.25, -0.2) is 4.79 Å². The first-order valence-corrected chi connectivity index (χ1v) is 12.1. The minimum atomic E-state index is -0.129. The van der Waals surface area contributed by atoms with E-state index >= 15 is 0 Å². The molecule has 8 heteroatoms. The van der Waals surface area contributed by atoms with Crippen molar-refractivity contribution in [2.45, 2.75) is 51.0 Å². The molecule has 0 bridgehead atoms.